The Morgan fingerprint density at radius 2 is 2.12 bits per heavy atom. The highest BCUT2D eigenvalue weighted by Gasteiger charge is 2.43. The lowest BCUT2D eigenvalue weighted by Gasteiger charge is -2.32. The molecule has 1 heterocycles. The summed E-state index contributed by atoms with van der Waals surface area (Å²) in [5, 5.41) is 3.52. The summed E-state index contributed by atoms with van der Waals surface area (Å²) >= 11 is 0. The normalized spacial score (nSPS) is 38.1. The molecule has 1 saturated carbocycles. The van der Waals surface area contributed by atoms with Gasteiger partial charge in [-0.2, -0.15) is 0 Å². The van der Waals surface area contributed by atoms with Crippen molar-refractivity contribution >= 4 is 5.91 Å². The van der Waals surface area contributed by atoms with E-state index in [-0.39, 0.29) is 6.04 Å². The predicted molar refractivity (Wildman–Crippen MR) is 69.6 cm³/mol. The van der Waals surface area contributed by atoms with E-state index in [0.717, 1.165) is 19.3 Å². The molecule has 4 atom stereocenters. The van der Waals surface area contributed by atoms with Crippen LogP contribution in [0.4, 0.5) is 0 Å². The van der Waals surface area contributed by atoms with Crippen LogP contribution < -0.4 is 5.32 Å². The second-order valence-electron chi connectivity index (χ2n) is 5.65. The van der Waals surface area contributed by atoms with E-state index in [1.165, 1.54) is 19.3 Å². The van der Waals surface area contributed by atoms with Gasteiger partial charge in [0.25, 0.3) is 0 Å². The number of nitrogens with zero attached hydrogens (tertiary/aromatic N) is 1. The van der Waals surface area contributed by atoms with E-state index >= 15 is 0 Å². The van der Waals surface area contributed by atoms with E-state index in [1.807, 2.05) is 0 Å². The van der Waals surface area contributed by atoms with Crippen molar-refractivity contribution in [2.45, 2.75) is 77.5 Å². The zero-order chi connectivity index (χ0) is 12.4. The monoisotopic (exact) mass is 238 g/mol. The first-order valence-electron chi connectivity index (χ1n) is 7.27. The molecule has 2 fully saturated rings. The Bertz CT molecular complexity index is 279. The van der Waals surface area contributed by atoms with Crippen LogP contribution in [-0.4, -0.2) is 29.1 Å². The van der Waals surface area contributed by atoms with Gasteiger partial charge in [0.2, 0.25) is 5.91 Å². The molecule has 4 unspecified atom stereocenters. The molecule has 1 aliphatic heterocycles. The fourth-order valence-corrected chi connectivity index (χ4v) is 3.44. The second kappa shape index (κ2) is 5.38. The number of hydrogen-bond acceptors (Lipinski definition) is 2. The van der Waals surface area contributed by atoms with Crippen LogP contribution in [0.2, 0.25) is 0 Å². The van der Waals surface area contributed by atoms with Crippen molar-refractivity contribution in [1.29, 1.82) is 0 Å². The molecule has 1 saturated heterocycles. The van der Waals surface area contributed by atoms with E-state index in [9.17, 15) is 4.79 Å². The van der Waals surface area contributed by atoms with Gasteiger partial charge < -0.3 is 4.90 Å². The molecular formula is C14H26N2O. The molecule has 0 spiro atoms. The van der Waals surface area contributed by atoms with Crippen LogP contribution in [0.15, 0.2) is 0 Å². The second-order valence-corrected chi connectivity index (χ2v) is 5.65. The minimum atomic E-state index is 0.0688. The van der Waals surface area contributed by atoms with Crippen molar-refractivity contribution in [2.75, 3.05) is 0 Å². The average molecular weight is 238 g/mol. The topological polar surface area (TPSA) is 32.3 Å². The van der Waals surface area contributed by atoms with Crippen LogP contribution in [0.5, 0.6) is 0 Å². The standard InChI is InChI=1S/C14H26N2O/c1-4-7-13-15-11(5-2)14(17)16(13)12-9-6-8-10(12)3/h10-13,15H,4-9H2,1-3H3. The minimum absolute atomic E-state index is 0.0688. The smallest absolute Gasteiger partial charge is 0.241 e. The summed E-state index contributed by atoms with van der Waals surface area (Å²) < 4.78 is 0. The number of rotatable bonds is 4. The highest BCUT2D eigenvalue weighted by molar-refractivity contribution is 5.84. The lowest BCUT2D eigenvalue weighted by atomic mass is 10.0. The molecule has 0 bridgehead atoms. The van der Waals surface area contributed by atoms with E-state index in [1.54, 1.807) is 0 Å². The first-order valence-corrected chi connectivity index (χ1v) is 7.27. The summed E-state index contributed by atoms with van der Waals surface area (Å²) in [4.78, 5) is 14.6. The van der Waals surface area contributed by atoms with Crippen molar-refractivity contribution in [2.24, 2.45) is 5.92 Å². The highest BCUT2D eigenvalue weighted by Crippen LogP contribution is 2.33. The molecule has 1 N–H and O–H groups in total. The molecule has 3 heteroatoms. The summed E-state index contributed by atoms with van der Waals surface area (Å²) in [6.45, 7) is 6.59. The van der Waals surface area contributed by atoms with Crippen molar-refractivity contribution in [1.82, 2.24) is 10.2 Å². The van der Waals surface area contributed by atoms with Crippen LogP contribution >= 0.6 is 0 Å². The molecule has 0 aromatic heterocycles. The molecule has 1 aliphatic carbocycles. The Labute approximate surface area is 105 Å². The van der Waals surface area contributed by atoms with Crippen molar-refractivity contribution < 1.29 is 4.79 Å². The van der Waals surface area contributed by atoms with Crippen LogP contribution in [0.3, 0.4) is 0 Å². The number of hydrogen-bond donors (Lipinski definition) is 1. The molecule has 0 aromatic carbocycles. The van der Waals surface area contributed by atoms with Gasteiger partial charge in [0.05, 0.1) is 12.2 Å². The van der Waals surface area contributed by atoms with Crippen molar-refractivity contribution in [3.63, 3.8) is 0 Å². The Balaban J connectivity index is 2.13. The Morgan fingerprint density at radius 1 is 1.35 bits per heavy atom. The predicted octanol–water partition coefficient (Wildman–Crippen LogP) is 2.51. The maximum atomic E-state index is 12.4. The zero-order valence-electron chi connectivity index (χ0n) is 11.4. The first-order chi connectivity index (χ1) is 8.19. The Kier molecular flexibility index (Phi) is 4.08. The summed E-state index contributed by atoms with van der Waals surface area (Å²) in [6, 6.07) is 0.558. The lowest BCUT2D eigenvalue weighted by molar-refractivity contribution is -0.133. The SMILES string of the molecule is CCCC1NC(CC)C(=O)N1C1CCCC1C. The highest BCUT2D eigenvalue weighted by atomic mass is 16.2. The molecular weight excluding hydrogens is 212 g/mol. The van der Waals surface area contributed by atoms with E-state index in [0.29, 0.717) is 24.0 Å². The van der Waals surface area contributed by atoms with Gasteiger partial charge in [0, 0.05) is 6.04 Å². The third kappa shape index (κ3) is 2.35. The molecule has 2 rings (SSSR count). The maximum Gasteiger partial charge on any atom is 0.241 e. The Hall–Kier alpha value is -0.570. The van der Waals surface area contributed by atoms with Gasteiger partial charge in [-0.15, -0.1) is 0 Å². The molecule has 3 nitrogen and oxygen atoms in total. The average Bonchev–Trinajstić information content (AvgIpc) is 2.84. The number of nitrogens with one attached hydrogen (secondary N) is 1. The quantitative estimate of drug-likeness (QED) is 0.816. The molecule has 0 radical (unpaired) electrons. The largest absolute Gasteiger partial charge is 0.323 e. The third-order valence-corrected chi connectivity index (χ3v) is 4.43. The van der Waals surface area contributed by atoms with Crippen molar-refractivity contribution in [3.05, 3.63) is 0 Å². The van der Waals surface area contributed by atoms with Gasteiger partial charge in [-0.3, -0.25) is 10.1 Å². The molecule has 98 valence electrons. The summed E-state index contributed by atoms with van der Waals surface area (Å²) in [7, 11) is 0. The van der Waals surface area contributed by atoms with Gasteiger partial charge in [-0.25, -0.2) is 0 Å². The van der Waals surface area contributed by atoms with Gasteiger partial charge in [-0.1, -0.05) is 33.6 Å². The van der Waals surface area contributed by atoms with Crippen LogP contribution in [-0.2, 0) is 4.79 Å². The summed E-state index contributed by atoms with van der Waals surface area (Å²) in [5.74, 6) is 1.03. The van der Waals surface area contributed by atoms with E-state index in [4.69, 9.17) is 0 Å². The Morgan fingerprint density at radius 3 is 2.65 bits per heavy atom. The fraction of sp³-hybridized carbons (Fsp3) is 0.929. The lowest BCUT2D eigenvalue weighted by Crippen LogP contribution is -2.45. The van der Waals surface area contributed by atoms with Crippen LogP contribution in [0, 0.1) is 5.92 Å². The van der Waals surface area contributed by atoms with Gasteiger partial charge in [0.15, 0.2) is 0 Å². The molecule has 1 amide bonds. The molecule has 0 aromatic rings. The number of carbonyl (C=O) groups is 1. The maximum absolute atomic E-state index is 12.4. The molecule has 17 heavy (non-hydrogen) atoms. The minimum Gasteiger partial charge on any atom is -0.323 e. The zero-order valence-corrected chi connectivity index (χ0v) is 11.4. The summed E-state index contributed by atoms with van der Waals surface area (Å²) in [5.41, 5.74) is 0. The van der Waals surface area contributed by atoms with E-state index < -0.39 is 0 Å². The van der Waals surface area contributed by atoms with Crippen LogP contribution in [0.25, 0.3) is 0 Å². The third-order valence-electron chi connectivity index (χ3n) is 4.43. The number of amides is 1. The van der Waals surface area contributed by atoms with Crippen LogP contribution in [0.1, 0.15) is 59.3 Å². The molecule has 2 aliphatic rings. The van der Waals surface area contributed by atoms with Gasteiger partial charge >= 0.3 is 0 Å². The number of carbonyl (C=O) groups excluding carboxylic acids is 1. The first kappa shape index (κ1) is 12.9. The van der Waals surface area contributed by atoms with Crippen molar-refractivity contribution in [3.8, 4) is 0 Å². The summed E-state index contributed by atoms with van der Waals surface area (Å²) in [6.07, 6.45) is 7.20. The van der Waals surface area contributed by atoms with Gasteiger partial charge in [-0.05, 0) is 31.6 Å². The van der Waals surface area contributed by atoms with Gasteiger partial charge in [0.1, 0.15) is 0 Å². The van der Waals surface area contributed by atoms with E-state index in [2.05, 4.69) is 31.0 Å². The fourth-order valence-electron chi connectivity index (χ4n) is 3.44.